The van der Waals surface area contributed by atoms with Crippen molar-refractivity contribution in [1.29, 1.82) is 0 Å². The van der Waals surface area contributed by atoms with E-state index in [0.29, 0.717) is 57.3 Å². The lowest BCUT2D eigenvalue weighted by Gasteiger charge is -2.38. The zero-order valence-electron chi connectivity index (χ0n) is 16.3. The normalized spacial score (nSPS) is 25.2. The molecule has 1 unspecified atom stereocenters. The van der Waals surface area contributed by atoms with Gasteiger partial charge in [0.2, 0.25) is 11.8 Å². The number of carbonyl (C=O) groups excluding carboxylic acids is 2. The van der Waals surface area contributed by atoms with Gasteiger partial charge in [-0.3, -0.25) is 9.59 Å². The smallest absolute Gasteiger partial charge is 0.228 e. The van der Waals surface area contributed by atoms with Crippen LogP contribution < -0.4 is 4.90 Å². The molecular weight excluding hydrogens is 363 g/mol. The molecule has 1 aromatic rings. The van der Waals surface area contributed by atoms with Crippen LogP contribution in [0.3, 0.4) is 0 Å². The minimum atomic E-state index is -0.396. The maximum atomic E-state index is 13.9. The summed E-state index contributed by atoms with van der Waals surface area (Å²) in [4.78, 5) is 29.1. The molecule has 152 valence electrons. The first-order chi connectivity index (χ1) is 13.5. The Bertz CT molecular complexity index is 763. The van der Waals surface area contributed by atoms with Gasteiger partial charge in [0.25, 0.3) is 0 Å². The minimum absolute atomic E-state index is 0.000185. The van der Waals surface area contributed by atoms with E-state index in [1.165, 1.54) is 11.0 Å². The molecule has 6 nitrogen and oxygen atoms in total. The second-order valence-corrected chi connectivity index (χ2v) is 8.26. The molecule has 0 aromatic heterocycles. The Morgan fingerprint density at radius 3 is 2.75 bits per heavy atom. The van der Waals surface area contributed by atoms with E-state index in [4.69, 9.17) is 9.47 Å². The lowest BCUT2D eigenvalue weighted by atomic mass is 9.80. The number of ether oxygens (including phenoxy) is 2. The number of nitrogens with zero attached hydrogens (tertiary/aromatic N) is 2. The van der Waals surface area contributed by atoms with Crippen LogP contribution in [0.4, 0.5) is 10.1 Å². The van der Waals surface area contributed by atoms with Crippen LogP contribution >= 0.6 is 0 Å². The molecular formula is C21H27FN2O4. The lowest BCUT2D eigenvalue weighted by molar-refractivity contribution is -0.137. The van der Waals surface area contributed by atoms with Crippen molar-refractivity contribution >= 4 is 17.5 Å². The molecule has 7 heteroatoms. The van der Waals surface area contributed by atoms with Gasteiger partial charge in [0.05, 0.1) is 19.1 Å². The van der Waals surface area contributed by atoms with E-state index in [-0.39, 0.29) is 29.5 Å². The van der Waals surface area contributed by atoms with Gasteiger partial charge in [0.1, 0.15) is 5.82 Å². The molecule has 3 fully saturated rings. The Morgan fingerprint density at radius 1 is 1.21 bits per heavy atom. The third-order valence-electron chi connectivity index (χ3n) is 6.25. The fourth-order valence-electron chi connectivity index (χ4n) is 4.42. The molecule has 0 aliphatic carbocycles. The summed E-state index contributed by atoms with van der Waals surface area (Å²) in [6.45, 7) is 5.74. The van der Waals surface area contributed by atoms with Crippen molar-refractivity contribution in [3.8, 4) is 0 Å². The predicted molar refractivity (Wildman–Crippen MR) is 101 cm³/mol. The number of aryl methyl sites for hydroxylation is 1. The molecule has 4 rings (SSSR count). The number of carbonyl (C=O) groups is 2. The highest BCUT2D eigenvalue weighted by atomic mass is 19.1. The largest absolute Gasteiger partial charge is 0.381 e. The summed E-state index contributed by atoms with van der Waals surface area (Å²) >= 11 is 0. The van der Waals surface area contributed by atoms with Crippen molar-refractivity contribution in [1.82, 2.24) is 4.90 Å². The van der Waals surface area contributed by atoms with Crippen LogP contribution in [0.15, 0.2) is 18.2 Å². The first-order valence-electron chi connectivity index (χ1n) is 9.98. The highest BCUT2D eigenvalue weighted by Gasteiger charge is 2.42. The van der Waals surface area contributed by atoms with Crippen molar-refractivity contribution < 1.29 is 23.5 Å². The molecule has 0 radical (unpaired) electrons. The number of hydrogen-bond donors (Lipinski definition) is 0. The minimum Gasteiger partial charge on any atom is -0.381 e. The van der Waals surface area contributed by atoms with Crippen LogP contribution in [-0.4, -0.2) is 62.8 Å². The van der Waals surface area contributed by atoms with E-state index in [9.17, 15) is 14.0 Å². The number of amides is 2. The summed E-state index contributed by atoms with van der Waals surface area (Å²) in [7, 11) is 0. The molecule has 3 heterocycles. The monoisotopic (exact) mass is 390 g/mol. The van der Waals surface area contributed by atoms with Gasteiger partial charge in [0.15, 0.2) is 0 Å². The number of benzene rings is 1. The molecule has 1 atom stereocenters. The van der Waals surface area contributed by atoms with E-state index in [2.05, 4.69) is 0 Å². The Hall–Kier alpha value is -1.99. The van der Waals surface area contributed by atoms with E-state index in [0.717, 1.165) is 12.8 Å². The highest BCUT2D eigenvalue weighted by molar-refractivity contribution is 6.00. The molecule has 1 spiro atoms. The van der Waals surface area contributed by atoms with Gasteiger partial charge in [-0.05, 0) is 37.5 Å². The Labute approximate surface area is 164 Å². The molecule has 0 bridgehead atoms. The van der Waals surface area contributed by atoms with Crippen molar-refractivity contribution in [3.05, 3.63) is 29.6 Å². The van der Waals surface area contributed by atoms with E-state index in [1.807, 2.05) is 4.90 Å². The van der Waals surface area contributed by atoms with Gasteiger partial charge in [-0.1, -0.05) is 6.07 Å². The van der Waals surface area contributed by atoms with Crippen molar-refractivity contribution in [2.75, 3.05) is 51.0 Å². The van der Waals surface area contributed by atoms with Gasteiger partial charge in [-0.25, -0.2) is 4.39 Å². The summed E-state index contributed by atoms with van der Waals surface area (Å²) in [5, 5.41) is 0. The van der Waals surface area contributed by atoms with Gasteiger partial charge in [-0.2, -0.15) is 0 Å². The molecule has 2 amide bonds. The van der Waals surface area contributed by atoms with Crippen molar-refractivity contribution in [3.63, 3.8) is 0 Å². The number of anilines is 1. The molecule has 28 heavy (non-hydrogen) atoms. The maximum Gasteiger partial charge on any atom is 0.228 e. The predicted octanol–water partition coefficient (Wildman–Crippen LogP) is 2.14. The van der Waals surface area contributed by atoms with E-state index >= 15 is 0 Å². The van der Waals surface area contributed by atoms with Crippen LogP contribution in [-0.2, 0) is 19.1 Å². The average Bonchev–Trinajstić information content (AvgIpc) is 2.96. The third-order valence-corrected chi connectivity index (χ3v) is 6.25. The van der Waals surface area contributed by atoms with Crippen LogP contribution in [0.25, 0.3) is 0 Å². The second kappa shape index (κ2) is 7.79. The summed E-state index contributed by atoms with van der Waals surface area (Å²) in [5.41, 5.74) is 1.00. The highest BCUT2D eigenvalue weighted by Crippen LogP contribution is 2.35. The quantitative estimate of drug-likeness (QED) is 0.776. The first kappa shape index (κ1) is 19.3. The summed E-state index contributed by atoms with van der Waals surface area (Å²) < 4.78 is 25.2. The third kappa shape index (κ3) is 3.78. The zero-order chi connectivity index (χ0) is 19.7. The maximum absolute atomic E-state index is 13.9. The van der Waals surface area contributed by atoms with E-state index in [1.54, 1.807) is 19.1 Å². The lowest BCUT2D eigenvalue weighted by Crippen LogP contribution is -2.46. The molecule has 3 aliphatic heterocycles. The number of halogens is 1. The standard InChI is InChI=1S/C21H27FN2O4/c1-15-2-3-17(11-18(15)22)24-12-16(10-19(24)25)20(26)23-6-9-28-14-21(13-23)4-7-27-8-5-21/h2-3,11,16H,4-10,12-14H2,1H3. The van der Waals surface area contributed by atoms with Crippen molar-refractivity contribution in [2.45, 2.75) is 26.2 Å². The Kier molecular flexibility index (Phi) is 5.38. The van der Waals surface area contributed by atoms with Crippen LogP contribution in [0, 0.1) is 24.1 Å². The molecule has 1 aromatic carbocycles. The number of rotatable bonds is 2. The Balaban J connectivity index is 1.47. The molecule has 3 saturated heterocycles. The van der Waals surface area contributed by atoms with Gasteiger partial charge in [-0.15, -0.1) is 0 Å². The Morgan fingerprint density at radius 2 is 2.00 bits per heavy atom. The average molecular weight is 390 g/mol. The van der Waals surface area contributed by atoms with Gasteiger partial charge < -0.3 is 19.3 Å². The second-order valence-electron chi connectivity index (χ2n) is 8.26. The van der Waals surface area contributed by atoms with Gasteiger partial charge >= 0.3 is 0 Å². The van der Waals surface area contributed by atoms with Crippen LogP contribution in [0.2, 0.25) is 0 Å². The van der Waals surface area contributed by atoms with Crippen molar-refractivity contribution in [2.24, 2.45) is 11.3 Å². The van der Waals surface area contributed by atoms with Crippen LogP contribution in [0.1, 0.15) is 24.8 Å². The molecule has 0 N–H and O–H groups in total. The molecule has 0 saturated carbocycles. The summed E-state index contributed by atoms with van der Waals surface area (Å²) in [5.74, 6) is -0.869. The van der Waals surface area contributed by atoms with Gasteiger partial charge in [0, 0.05) is 50.4 Å². The first-order valence-corrected chi connectivity index (χ1v) is 9.98. The summed E-state index contributed by atoms with van der Waals surface area (Å²) in [6, 6.07) is 4.77. The van der Waals surface area contributed by atoms with Crippen LogP contribution in [0.5, 0.6) is 0 Å². The number of hydrogen-bond acceptors (Lipinski definition) is 4. The topological polar surface area (TPSA) is 59.1 Å². The SMILES string of the molecule is Cc1ccc(N2CC(C(=O)N3CCOCC4(CCOCC4)C3)CC2=O)cc1F. The summed E-state index contributed by atoms with van der Waals surface area (Å²) in [6.07, 6.45) is 1.94. The fourth-order valence-corrected chi connectivity index (χ4v) is 4.42. The fraction of sp³-hybridized carbons (Fsp3) is 0.619. The molecule has 3 aliphatic rings. The zero-order valence-corrected chi connectivity index (χ0v) is 16.3. The van der Waals surface area contributed by atoms with E-state index < -0.39 is 5.92 Å².